The quantitative estimate of drug-likeness (QED) is 0.286. The smallest absolute Gasteiger partial charge is 0.348 e. The maximum Gasteiger partial charge on any atom is 0.348 e. The van der Waals surface area contributed by atoms with Crippen molar-refractivity contribution in [2.75, 3.05) is 17.0 Å². The number of aromatic nitrogens is 2. The van der Waals surface area contributed by atoms with Crippen LogP contribution in [-0.4, -0.2) is 46.3 Å². The summed E-state index contributed by atoms with van der Waals surface area (Å²) >= 11 is 7.04. The first-order valence-corrected chi connectivity index (χ1v) is 15.3. The fourth-order valence-electron chi connectivity index (χ4n) is 5.67. The molecule has 4 rings (SSSR count). The van der Waals surface area contributed by atoms with Crippen LogP contribution >= 0.6 is 22.9 Å². The van der Waals surface area contributed by atoms with Crippen molar-refractivity contribution in [3.63, 3.8) is 0 Å². The summed E-state index contributed by atoms with van der Waals surface area (Å²) in [5.74, 6) is 6.28. The highest BCUT2D eigenvalue weighted by Gasteiger charge is 2.39. The minimum Gasteiger partial charge on any atom is -0.477 e. The molecule has 2 saturated carbocycles. The molecular weight excluding hydrogens is 546 g/mol. The first-order valence-electron chi connectivity index (χ1n) is 14.2. The molecule has 2 N–H and O–H groups in total. The standard InChI is InChI=1S/C30H40ClN5O3S/c1-19-8-6-7-9-23(19)28(37)36(24-18-22(16-17-30(2,3)4)40-27(24)29(38)39)21-12-10-20(11-13-21)34-35(5)26-15-14-25(31)32-33-26/h14-15,18-21,23,34H,6-13H2,1-5H3,(H,38,39). The number of rotatable bonds is 7. The molecule has 2 aliphatic carbocycles. The van der Waals surface area contributed by atoms with Crippen LogP contribution in [0.1, 0.15) is 93.6 Å². The molecule has 2 aromatic rings. The Hall–Kier alpha value is -2.67. The maximum atomic E-state index is 14.2. The van der Waals surface area contributed by atoms with E-state index in [9.17, 15) is 14.7 Å². The number of halogens is 1. The zero-order chi connectivity index (χ0) is 29.0. The summed E-state index contributed by atoms with van der Waals surface area (Å²) in [4.78, 5) is 29.4. The van der Waals surface area contributed by atoms with Crippen molar-refractivity contribution < 1.29 is 14.7 Å². The number of aromatic carboxylic acids is 1. The third-order valence-corrected chi connectivity index (χ3v) is 9.02. The van der Waals surface area contributed by atoms with E-state index in [1.165, 1.54) is 0 Å². The van der Waals surface area contributed by atoms with Gasteiger partial charge in [-0.3, -0.25) is 9.80 Å². The number of carbonyl (C=O) groups excluding carboxylic acids is 1. The van der Waals surface area contributed by atoms with Crippen LogP contribution in [0.4, 0.5) is 11.5 Å². The minimum absolute atomic E-state index is 0.0628. The van der Waals surface area contributed by atoms with Gasteiger partial charge in [0.05, 0.1) is 10.6 Å². The highest BCUT2D eigenvalue weighted by molar-refractivity contribution is 7.15. The first kappa shape index (κ1) is 30.3. The molecule has 1 amide bonds. The van der Waals surface area contributed by atoms with Crippen LogP contribution < -0.4 is 15.3 Å². The van der Waals surface area contributed by atoms with E-state index in [0.29, 0.717) is 21.5 Å². The third kappa shape index (κ3) is 7.54. The van der Waals surface area contributed by atoms with Gasteiger partial charge < -0.3 is 10.0 Å². The van der Waals surface area contributed by atoms with Gasteiger partial charge in [-0.05, 0) is 83.4 Å². The van der Waals surface area contributed by atoms with E-state index < -0.39 is 5.97 Å². The van der Waals surface area contributed by atoms with Crippen LogP contribution in [0.2, 0.25) is 5.15 Å². The van der Waals surface area contributed by atoms with E-state index in [-0.39, 0.29) is 40.1 Å². The van der Waals surface area contributed by atoms with Gasteiger partial charge in [0.2, 0.25) is 5.91 Å². The van der Waals surface area contributed by atoms with Gasteiger partial charge in [0.25, 0.3) is 0 Å². The lowest BCUT2D eigenvalue weighted by Gasteiger charge is -2.41. The Balaban J connectivity index is 1.59. The highest BCUT2D eigenvalue weighted by Crippen LogP contribution is 2.39. The number of amides is 1. The Bertz CT molecular complexity index is 1250. The molecule has 0 spiro atoms. The first-order chi connectivity index (χ1) is 18.9. The second kappa shape index (κ2) is 12.9. The molecule has 2 aromatic heterocycles. The number of carbonyl (C=O) groups is 2. The third-order valence-electron chi connectivity index (χ3n) is 7.79. The van der Waals surface area contributed by atoms with Gasteiger partial charge in [0.1, 0.15) is 4.88 Å². The van der Waals surface area contributed by atoms with Crippen LogP contribution in [0.15, 0.2) is 18.2 Å². The highest BCUT2D eigenvalue weighted by atomic mass is 35.5. The average Bonchev–Trinajstić information content (AvgIpc) is 3.33. The number of hydrogen-bond acceptors (Lipinski definition) is 7. The molecule has 2 aliphatic rings. The van der Waals surface area contributed by atoms with Crippen LogP contribution in [-0.2, 0) is 4.79 Å². The van der Waals surface area contributed by atoms with Gasteiger partial charge in [-0.25, -0.2) is 10.2 Å². The predicted octanol–water partition coefficient (Wildman–Crippen LogP) is 6.40. The van der Waals surface area contributed by atoms with Gasteiger partial charge in [-0.1, -0.05) is 43.2 Å². The lowest BCUT2D eigenvalue weighted by Crippen LogP contribution is -2.51. The Morgan fingerprint density at radius 3 is 2.40 bits per heavy atom. The lowest BCUT2D eigenvalue weighted by atomic mass is 9.79. The summed E-state index contributed by atoms with van der Waals surface area (Å²) in [6, 6.07) is 5.46. The number of hydrazine groups is 1. The summed E-state index contributed by atoms with van der Waals surface area (Å²) in [7, 11) is 1.90. The van der Waals surface area contributed by atoms with Crippen molar-refractivity contribution in [2.24, 2.45) is 17.3 Å². The van der Waals surface area contributed by atoms with Crippen LogP contribution in [0.25, 0.3) is 0 Å². The average molecular weight is 586 g/mol. The number of nitrogens with one attached hydrogen (secondary N) is 1. The number of nitrogens with zero attached hydrogens (tertiary/aromatic N) is 4. The molecule has 2 heterocycles. The maximum absolute atomic E-state index is 14.2. The number of hydrogen-bond donors (Lipinski definition) is 2. The fraction of sp³-hybridized carbons (Fsp3) is 0.600. The number of carboxylic acid groups (broad SMARTS) is 1. The van der Waals surface area contributed by atoms with Gasteiger partial charge in [-0.2, -0.15) is 0 Å². The molecule has 216 valence electrons. The summed E-state index contributed by atoms with van der Waals surface area (Å²) in [6.45, 7) is 8.23. The second-order valence-corrected chi connectivity index (χ2v) is 13.6. The van der Waals surface area contributed by atoms with Gasteiger partial charge >= 0.3 is 5.97 Å². The predicted molar refractivity (Wildman–Crippen MR) is 161 cm³/mol. The SMILES string of the molecule is CC1CCCCC1C(=O)N(c1cc(C#CC(C)(C)C)sc1C(=O)O)C1CCC(NN(C)c2ccc(Cl)nn2)CC1. The Morgan fingerprint density at radius 1 is 1.10 bits per heavy atom. The van der Waals surface area contributed by atoms with Gasteiger partial charge in [-0.15, -0.1) is 21.5 Å². The van der Waals surface area contributed by atoms with Crippen LogP contribution in [0.5, 0.6) is 0 Å². The molecule has 2 atom stereocenters. The number of carboxylic acids is 1. The van der Waals surface area contributed by atoms with E-state index in [1.54, 1.807) is 6.07 Å². The molecule has 0 saturated heterocycles. The van der Waals surface area contributed by atoms with E-state index in [2.05, 4.69) is 34.4 Å². The largest absolute Gasteiger partial charge is 0.477 e. The van der Waals surface area contributed by atoms with Crippen LogP contribution in [0, 0.1) is 29.1 Å². The van der Waals surface area contributed by atoms with Crippen molar-refractivity contribution in [3.8, 4) is 11.8 Å². The van der Waals surface area contributed by atoms with E-state index in [1.807, 2.05) is 49.9 Å². The van der Waals surface area contributed by atoms with E-state index in [4.69, 9.17) is 11.6 Å². The molecule has 0 aliphatic heterocycles. The van der Waals surface area contributed by atoms with Gasteiger partial charge in [0.15, 0.2) is 11.0 Å². The monoisotopic (exact) mass is 585 g/mol. The number of anilines is 2. The molecule has 0 aromatic carbocycles. The second-order valence-electron chi connectivity index (χ2n) is 12.1. The van der Waals surface area contributed by atoms with Crippen molar-refractivity contribution >= 4 is 46.3 Å². The molecular formula is C30H40ClN5O3S. The zero-order valence-corrected chi connectivity index (χ0v) is 25.6. The molecule has 10 heteroatoms. The molecule has 2 unspecified atom stereocenters. The van der Waals surface area contributed by atoms with Gasteiger partial charge in [0, 0.05) is 30.5 Å². The van der Waals surface area contributed by atoms with Crippen LogP contribution in [0.3, 0.4) is 0 Å². The Morgan fingerprint density at radius 2 is 1.80 bits per heavy atom. The molecule has 40 heavy (non-hydrogen) atoms. The summed E-state index contributed by atoms with van der Waals surface area (Å²) in [6.07, 6.45) is 7.25. The Kier molecular flexibility index (Phi) is 9.76. The van der Waals surface area contributed by atoms with E-state index in [0.717, 1.165) is 62.7 Å². The minimum atomic E-state index is -1.01. The summed E-state index contributed by atoms with van der Waals surface area (Å²) in [5.41, 5.74) is 3.78. The van der Waals surface area contributed by atoms with Crippen molar-refractivity contribution in [1.82, 2.24) is 15.6 Å². The molecule has 0 radical (unpaired) electrons. The van der Waals surface area contributed by atoms with Crippen molar-refractivity contribution in [2.45, 2.75) is 91.1 Å². The topological polar surface area (TPSA) is 98.7 Å². The molecule has 2 fully saturated rings. The van der Waals surface area contributed by atoms with E-state index >= 15 is 0 Å². The molecule has 8 nitrogen and oxygen atoms in total. The number of thiophene rings is 1. The Labute approximate surface area is 246 Å². The fourth-order valence-corrected chi connectivity index (χ4v) is 6.61. The lowest BCUT2D eigenvalue weighted by molar-refractivity contribution is -0.125. The zero-order valence-electron chi connectivity index (χ0n) is 24.0. The molecule has 0 bridgehead atoms. The summed E-state index contributed by atoms with van der Waals surface area (Å²) in [5, 5.41) is 20.4. The summed E-state index contributed by atoms with van der Waals surface area (Å²) < 4.78 is 0. The van der Waals surface area contributed by atoms with Crippen molar-refractivity contribution in [3.05, 3.63) is 33.1 Å². The normalized spacial score (nSPS) is 23.1. The van der Waals surface area contributed by atoms with Crippen molar-refractivity contribution in [1.29, 1.82) is 0 Å².